The predicted molar refractivity (Wildman–Crippen MR) is 75.8 cm³/mol. The highest BCUT2D eigenvalue weighted by atomic mass is 16.5. The van der Waals surface area contributed by atoms with E-state index in [9.17, 15) is 4.79 Å². The molecule has 1 aromatic carbocycles. The van der Waals surface area contributed by atoms with E-state index in [-0.39, 0.29) is 5.76 Å². The fraction of sp³-hybridized carbons (Fsp3) is 0.533. The highest BCUT2D eigenvalue weighted by Gasteiger charge is 2.13. The van der Waals surface area contributed by atoms with Crippen LogP contribution in [0.5, 0.6) is 5.75 Å². The number of oxazole rings is 1. The van der Waals surface area contributed by atoms with E-state index in [0.717, 1.165) is 36.9 Å². The summed E-state index contributed by atoms with van der Waals surface area (Å²) in [4.78, 5) is 11.9. The lowest BCUT2D eigenvalue weighted by atomic mass is 10.2. The zero-order valence-corrected chi connectivity index (χ0v) is 11.6. The molecule has 0 spiro atoms. The Morgan fingerprint density at radius 1 is 1.21 bits per heavy atom. The summed E-state index contributed by atoms with van der Waals surface area (Å²) in [6.07, 6.45) is 4.09. The number of fused-ring (bicyclic) bond motifs is 1. The lowest BCUT2D eigenvalue weighted by Gasteiger charge is -2.08. The number of unbranched alkanes of at least 4 members (excludes halogenated alkanes) is 2. The average Bonchev–Trinajstić information content (AvgIpc) is 2.73. The summed E-state index contributed by atoms with van der Waals surface area (Å²) in [6, 6.07) is 5.57. The molecular formula is C15H21NO3. The molecule has 0 fully saturated rings. The van der Waals surface area contributed by atoms with Gasteiger partial charge in [0, 0.05) is 6.54 Å². The normalized spacial score (nSPS) is 11.1. The molecule has 0 aliphatic rings. The monoisotopic (exact) mass is 263 g/mol. The molecule has 19 heavy (non-hydrogen) atoms. The van der Waals surface area contributed by atoms with Crippen LogP contribution in [-0.2, 0) is 6.54 Å². The summed E-state index contributed by atoms with van der Waals surface area (Å²) in [6.45, 7) is 5.57. The standard InChI is InChI=1S/C15H21NO3/c1-3-5-10-16-14-12(18-11-6-4-2)8-7-9-13(14)19-15(16)17/h7-9H,3-6,10-11H2,1-2H3. The van der Waals surface area contributed by atoms with Crippen molar-refractivity contribution in [3.63, 3.8) is 0 Å². The van der Waals surface area contributed by atoms with E-state index < -0.39 is 0 Å². The highest BCUT2D eigenvalue weighted by molar-refractivity contribution is 5.80. The second kappa shape index (κ2) is 6.45. The van der Waals surface area contributed by atoms with Gasteiger partial charge < -0.3 is 9.15 Å². The molecule has 0 saturated heterocycles. The number of aryl methyl sites for hydroxylation is 1. The number of hydrogen-bond acceptors (Lipinski definition) is 3. The molecule has 0 unspecified atom stereocenters. The van der Waals surface area contributed by atoms with Crippen molar-refractivity contribution in [2.75, 3.05) is 6.61 Å². The summed E-state index contributed by atoms with van der Waals surface area (Å²) in [5.41, 5.74) is 1.40. The largest absolute Gasteiger partial charge is 0.491 e. The maximum atomic E-state index is 11.9. The second-order valence-corrected chi connectivity index (χ2v) is 4.68. The predicted octanol–water partition coefficient (Wildman–Crippen LogP) is 3.57. The molecule has 4 nitrogen and oxygen atoms in total. The van der Waals surface area contributed by atoms with E-state index in [1.54, 1.807) is 4.57 Å². The first-order chi connectivity index (χ1) is 9.27. The van der Waals surface area contributed by atoms with Crippen LogP contribution in [0.15, 0.2) is 27.4 Å². The third kappa shape index (κ3) is 3.00. The molecule has 0 aliphatic heterocycles. The SMILES string of the molecule is CCCCOc1cccc2oc(=O)n(CCCC)c12. The first kappa shape index (κ1) is 13.7. The summed E-state index contributed by atoms with van der Waals surface area (Å²) in [5.74, 6) is 0.447. The molecule has 0 saturated carbocycles. The summed E-state index contributed by atoms with van der Waals surface area (Å²) >= 11 is 0. The van der Waals surface area contributed by atoms with Gasteiger partial charge in [-0.25, -0.2) is 4.79 Å². The minimum atomic E-state index is -0.296. The summed E-state index contributed by atoms with van der Waals surface area (Å²) in [7, 11) is 0. The van der Waals surface area contributed by atoms with Crippen molar-refractivity contribution in [1.29, 1.82) is 0 Å². The van der Waals surface area contributed by atoms with E-state index in [4.69, 9.17) is 9.15 Å². The molecule has 1 heterocycles. The molecule has 1 aromatic heterocycles. The van der Waals surface area contributed by atoms with Crippen molar-refractivity contribution in [3.8, 4) is 5.75 Å². The Morgan fingerprint density at radius 2 is 2.00 bits per heavy atom. The van der Waals surface area contributed by atoms with E-state index >= 15 is 0 Å². The van der Waals surface area contributed by atoms with Gasteiger partial charge in [0.15, 0.2) is 5.58 Å². The number of para-hydroxylation sites is 1. The van der Waals surface area contributed by atoms with Gasteiger partial charge in [-0.2, -0.15) is 0 Å². The zero-order chi connectivity index (χ0) is 13.7. The average molecular weight is 263 g/mol. The maximum absolute atomic E-state index is 11.9. The number of ether oxygens (including phenoxy) is 1. The molecule has 4 heteroatoms. The number of aromatic nitrogens is 1. The Labute approximate surface area is 113 Å². The molecule has 2 rings (SSSR count). The van der Waals surface area contributed by atoms with Crippen molar-refractivity contribution < 1.29 is 9.15 Å². The lowest BCUT2D eigenvalue weighted by molar-refractivity contribution is 0.311. The van der Waals surface area contributed by atoms with Crippen LogP contribution in [0.3, 0.4) is 0 Å². The minimum absolute atomic E-state index is 0.296. The molecule has 104 valence electrons. The lowest BCUT2D eigenvalue weighted by Crippen LogP contribution is -2.14. The van der Waals surface area contributed by atoms with Crippen LogP contribution in [0.25, 0.3) is 11.1 Å². The van der Waals surface area contributed by atoms with Crippen molar-refractivity contribution >= 4 is 11.1 Å². The number of benzene rings is 1. The Kier molecular flexibility index (Phi) is 4.66. The van der Waals surface area contributed by atoms with Crippen LogP contribution in [0.1, 0.15) is 39.5 Å². The van der Waals surface area contributed by atoms with E-state index in [1.165, 1.54) is 0 Å². The van der Waals surface area contributed by atoms with Crippen molar-refractivity contribution in [2.24, 2.45) is 0 Å². The van der Waals surface area contributed by atoms with Crippen molar-refractivity contribution in [2.45, 2.75) is 46.1 Å². The molecular weight excluding hydrogens is 242 g/mol. The van der Waals surface area contributed by atoms with Crippen LogP contribution < -0.4 is 10.5 Å². The van der Waals surface area contributed by atoms with E-state index in [1.807, 2.05) is 18.2 Å². The molecule has 0 bridgehead atoms. The van der Waals surface area contributed by atoms with Gasteiger partial charge in [0.25, 0.3) is 0 Å². The van der Waals surface area contributed by atoms with E-state index in [0.29, 0.717) is 18.7 Å². The Morgan fingerprint density at radius 3 is 2.74 bits per heavy atom. The zero-order valence-electron chi connectivity index (χ0n) is 11.6. The smallest absolute Gasteiger partial charge is 0.420 e. The Balaban J connectivity index is 2.37. The van der Waals surface area contributed by atoms with Crippen LogP contribution in [-0.4, -0.2) is 11.2 Å². The van der Waals surface area contributed by atoms with Crippen molar-refractivity contribution in [3.05, 3.63) is 28.7 Å². The van der Waals surface area contributed by atoms with E-state index in [2.05, 4.69) is 13.8 Å². The Bertz CT molecular complexity index is 583. The third-order valence-electron chi connectivity index (χ3n) is 3.14. The maximum Gasteiger partial charge on any atom is 0.420 e. The van der Waals surface area contributed by atoms with Gasteiger partial charge in [-0.05, 0) is 25.0 Å². The fourth-order valence-corrected chi connectivity index (χ4v) is 2.05. The number of hydrogen-bond donors (Lipinski definition) is 0. The first-order valence-electron chi connectivity index (χ1n) is 7.03. The number of nitrogens with zero attached hydrogens (tertiary/aromatic N) is 1. The second-order valence-electron chi connectivity index (χ2n) is 4.68. The molecule has 0 aliphatic carbocycles. The molecule has 2 aromatic rings. The summed E-state index contributed by atoms with van der Waals surface area (Å²) < 4.78 is 12.7. The minimum Gasteiger partial charge on any atom is -0.491 e. The van der Waals surface area contributed by atoms with Gasteiger partial charge in [-0.1, -0.05) is 32.8 Å². The van der Waals surface area contributed by atoms with Gasteiger partial charge in [-0.15, -0.1) is 0 Å². The Hall–Kier alpha value is -1.71. The van der Waals surface area contributed by atoms with Gasteiger partial charge in [0.1, 0.15) is 11.3 Å². The highest BCUT2D eigenvalue weighted by Crippen LogP contribution is 2.25. The molecule has 0 radical (unpaired) electrons. The molecule has 0 atom stereocenters. The topological polar surface area (TPSA) is 44.4 Å². The van der Waals surface area contributed by atoms with Gasteiger partial charge in [0.05, 0.1) is 6.61 Å². The first-order valence-corrected chi connectivity index (χ1v) is 7.03. The quantitative estimate of drug-likeness (QED) is 0.717. The van der Waals surface area contributed by atoms with Crippen molar-refractivity contribution in [1.82, 2.24) is 4.57 Å². The van der Waals surface area contributed by atoms with Gasteiger partial charge in [0.2, 0.25) is 0 Å². The van der Waals surface area contributed by atoms with Crippen LogP contribution in [0.4, 0.5) is 0 Å². The van der Waals surface area contributed by atoms with Crippen LogP contribution in [0, 0.1) is 0 Å². The third-order valence-corrected chi connectivity index (χ3v) is 3.14. The van der Waals surface area contributed by atoms with Gasteiger partial charge in [-0.3, -0.25) is 4.57 Å². The molecule has 0 amide bonds. The number of rotatable bonds is 7. The van der Waals surface area contributed by atoms with Gasteiger partial charge >= 0.3 is 5.76 Å². The van der Waals surface area contributed by atoms with Crippen LogP contribution >= 0.6 is 0 Å². The molecule has 0 N–H and O–H groups in total. The summed E-state index contributed by atoms with van der Waals surface area (Å²) in [5, 5.41) is 0. The van der Waals surface area contributed by atoms with Crippen LogP contribution in [0.2, 0.25) is 0 Å². The fourth-order valence-electron chi connectivity index (χ4n) is 2.05.